The number of nitrogens with zero attached hydrogens (tertiary/aromatic N) is 4. The normalized spacial score (nSPS) is 18.9. The molecule has 4 aromatic carbocycles. The molecule has 1 unspecified atom stereocenters. The van der Waals surface area contributed by atoms with Gasteiger partial charge >= 0.3 is 0 Å². The zero-order valence-corrected chi connectivity index (χ0v) is 40.3. The lowest BCUT2D eigenvalue weighted by molar-refractivity contribution is -0.131. The minimum absolute atomic E-state index is 0.0179. The largest absolute Gasteiger partial charge is 0.492 e. The zero-order valence-electron chi connectivity index (χ0n) is 38.8. The van der Waals surface area contributed by atoms with Crippen molar-refractivity contribution in [1.82, 2.24) is 24.9 Å². The molecule has 0 aliphatic carbocycles. The van der Waals surface area contributed by atoms with Crippen LogP contribution in [0.2, 0.25) is 10.0 Å². The van der Waals surface area contributed by atoms with E-state index in [1.54, 1.807) is 66.8 Å². The highest BCUT2D eigenvalue weighted by Crippen LogP contribution is 2.33. The number of piperazine rings is 2. The van der Waals surface area contributed by atoms with Gasteiger partial charge in [0.05, 0.1) is 23.3 Å². The van der Waals surface area contributed by atoms with Crippen molar-refractivity contribution in [3.05, 3.63) is 129 Å². The lowest BCUT2D eigenvalue weighted by Gasteiger charge is -2.39. The maximum absolute atomic E-state index is 13.2. The number of carbonyl (C=O) groups excluding carboxylic acids is 4. The predicted octanol–water partition coefficient (Wildman–Crippen LogP) is 8.05. The van der Waals surface area contributed by atoms with Crippen molar-refractivity contribution in [2.24, 2.45) is 0 Å². The first-order valence-corrected chi connectivity index (χ1v) is 23.6. The number of carbonyl (C=O) groups is 4. The summed E-state index contributed by atoms with van der Waals surface area (Å²) in [4.78, 5) is 58.3. The van der Waals surface area contributed by atoms with Gasteiger partial charge in [0.15, 0.2) is 0 Å². The minimum atomic E-state index is -0.613. The molecule has 3 aliphatic heterocycles. The maximum atomic E-state index is 13.2. The molecule has 3 aliphatic rings. The van der Waals surface area contributed by atoms with Gasteiger partial charge in [-0.15, -0.1) is 0 Å². The van der Waals surface area contributed by atoms with E-state index in [4.69, 9.17) is 38.4 Å². The van der Waals surface area contributed by atoms with Crippen LogP contribution in [0.5, 0.6) is 11.5 Å². The molecule has 68 heavy (non-hydrogen) atoms. The number of hydrogen-bond donors (Lipinski definition) is 3. The molecule has 0 radical (unpaired) electrons. The SMILES string of the molecule is CCOc1cc(/C=C/C(=O)N2CCN(Cc3ccc(F)cc3)C[C@H]2C)c(N)cc1Cl.CCOc1cc(/C=C/C(=O)N2CCN(Cc3ccc(F)cc3)C[C@H]2C)c(NC(=O)C2CCC(=O)N2)cc1Cl. The van der Waals surface area contributed by atoms with Gasteiger partial charge < -0.3 is 35.6 Å². The standard InChI is InChI=1S/C28H32ClFN4O4.C23H27ClFN3O2/c1-3-38-25-14-20(24(15-22(25)29)32-28(37)23-9-10-26(35)31-23)6-11-27(36)34-13-12-33(16-18(34)2)17-19-4-7-21(30)8-5-19;1-3-30-22-12-18(21(26)13-20(22)24)6-9-23(29)28-11-10-27(14-16(28)2)15-17-4-7-19(25)8-5-17/h4-8,11,14-15,18,23H,3,9-10,12-13,16-17H2,1-2H3,(H,31,35)(H,32,37);4-9,12-13,16H,3,10-11,14-15,26H2,1-2H3/b11-6+;9-6+/t18-,23?;16-/m11/s1. The van der Waals surface area contributed by atoms with Crippen LogP contribution in [0.25, 0.3) is 12.2 Å². The topological polar surface area (TPSA) is 150 Å². The molecule has 0 aromatic heterocycles. The van der Waals surface area contributed by atoms with Crippen molar-refractivity contribution >= 4 is 70.4 Å². The first kappa shape index (κ1) is 51.4. The monoisotopic (exact) mass is 973 g/mol. The van der Waals surface area contributed by atoms with Gasteiger partial charge in [-0.2, -0.15) is 0 Å². The Bertz CT molecular complexity index is 2470. The Morgan fingerprint density at radius 3 is 1.66 bits per heavy atom. The summed E-state index contributed by atoms with van der Waals surface area (Å²) in [5, 5.41) is 6.25. The summed E-state index contributed by atoms with van der Waals surface area (Å²) in [6.45, 7) is 14.2. The maximum Gasteiger partial charge on any atom is 0.246 e. The van der Waals surface area contributed by atoms with Crippen LogP contribution in [0.15, 0.2) is 84.9 Å². The molecule has 4 amide bonds. The van der Waals surface area contributed by atoms with E-state index < -0.39 is 6.04 Å². The Morgan fingerprint density at radius 1 is 0.735 bits per heavy atom. The summed E-state index contributed by atoms with van der Waals surface area (Å²) in [6.07, 6.45) is 7.10. The second-order valence-corrected chi connectivity index (χ2v) is 17.8. The van der Waals surface area contributed by atoms with Gasteiger partial charge in [-0.3, -0.25) is 29.0 Å². The van der Waals surface area contributed by atoms with Crippen molar-refractivity contribution in [2.45, 2.75) is 71.8 Å². The number of anilines is 2. The van der Waals surface area contributed by atoms with Crippen molar-refractivity contribution in [3.63, 3.8) is 0 Å². The highest BCUT2D eigenvalue weighted by Gasteiger charge is 2.29. The first-order valence-electron chi connectivity index (χ1n) is 22.8. The fourth-order valence-electron chi connectivity index (χ4n) is 8.32. The third kappa shape index (κ3) is 14.3. The van der Waals surface area contributed by atoms with E-state index in [1.165, 1.54) is 30.3 Å². The molecule has 13 nitrogen and oxygen atoms in total. The number of halogens is 4. The quantitative estimate of drug-likeness (QED) is 0.0843. The summed E-state index contributed by atoms with van der Waals surface area (Å²) < 4.78 is 37.4. The summed E-state index contributed by atoms with van der Waals surface area (Å²) in [6, 6.07) is 19.1. The number of benzene rings is 4. The Labute approximate surface area is 406 Å². The molecule has 4 N–H and O–H groups in total. The van der Waals surface area contributed by atoms with E-state index in [0.717, 1.165) is 30.8 Å². The predicted molar refractivity (Wildman–Crippen MR) is 263 cm³/mol. The Hall–Kier alpha value is -6.00. The lowest BCUT2D eigenvalue weighted by atomic mass is 10.1. The Balaban J connectivity index is 0.000000230. The van der Waals surface area contributed by atoms with Gasteiger partial charge in [0.25, 0.3) is 0 Å². The van der Waals surface area contributed by atoms with Crippen molar-refractivity contribution in [2.75, 3.05) is 63.5 Å². The van der Waals surface area contributed by atoms with E-state index in [-0.39, 0.29) is 47.3 Å². The average molecular weight is 975 g/mol. The number of nitrogens with one attached hydrogen (secondary N) is 2. The first-order chi connectivity index (χ1) is 32.6. The Morgan fingerprint density at radius 2 is 1.21 bits per heavy atom. The number of nitrogen functional groups attached to an aromatic ring is 1. The van der Waals surface area contributed by atoms with Gasteiger partial charge in [0, 0.05) is 106 Å². The van der Waals surface area contributed by atoms with Gasteiger partial charge in [0.2, 0.25) is 23.6 Å². The Kier molecular flexibility index (Phi) is 18.4. The van der Waals surface area contributed by atoms with Crippen LogP contribution in [-0.2, 0) is 32.3 Å². The summed E-state index contributed by atoms with van der Waals surface area (Å²) in [7, 11) is 0. The number of ether oxygens (including phenoxy) is 2. The lowest BCUT2D eigenvalue weighted by Crippen LogP contribution is -2.53. The van der Waals surface area contributed by atoms with E-state index >= 15 is 0 Å². The summed E-state index contributed by atoms with van der Waals surface area (Å²) >= 11 is 12.5. The van der Waals surface area contributed by atoms with E-state index in [1.807, 2.05) is 37.5 Å². The highest BCUT2D eigenvalue weighted by molar-refractivity contribution is 6.33. The molecule has 7 rings (SSSR count). The number of amides is 4. The van der Waals surface area contributed by atoms with Crippen molar-refractivity contribution in [1.29, 1.82) is 0 Å². The molecule has 0 bridgehead atoms. The highest BCUT2D eigenvalue weighted by atomic mass is 35.5. The van der Waals surface area contributed by atoms with Crippen LogP contribution in [-0.4, -0.2) is 114 Å². The van der Waals surface area contributed by atoms with E-state index in [0.29, 0.717) is 103 Å². The molecule has 0 spiro atoms. The third-order valence-corrected chi connectivity index (χ3v) is 12.4. The van der Waals surface area contributed by atoms with E-state index in [9.17, 15) is 28.0 Å². The molecular weight excluding hydrogens is 916 g/mol. The van der Waals surface area contributed by atoms with Crippen LogP contribution >= 0.6 is 23.2 Å². The van der Waals surface area contributed by atoms with Crippen molar-refractivity contribution in [3.8, 4) is 11.5 Å². The number of rotatable bonds is 14. The van der Waals surface area contributed by atoms with Crippen LogP contribution in [0, 0.1) is 11.6 Å². The van der Waals surface area contributed by atoms with Crippen LogP contribution in [0.1, 0.15) is 62.8 Å². The van der Waals surface area contributed by atoms with Crippen molar-refractivity contribution < 1.29 is 37.4 Å². The molecular formula is C51H59Cl2F2N7O6. The molecule has 362 valence electrons. The number of nitrogens with two attached hydrogens (primary N) is 1. The van der Waals surface area contributed by atoms with Gasteiger partial charge in [-0.25, -0.2) is 8.78 Å². The molecule has 4 aromatic rings. The smallest absolute Gasteiger partial charge is 0.246 e. The third-order valence-electron chi connectivity index (χ3n) is 11.9. The zero-order chi connectivity index (χ0) is 48.9. The van der Waals surface area contributed by atoms with Gasteiger partial charge in [-0.1, -0.05) is 47.5 Å². The molecule has 0 saturated carbocycles. The summed E-state index contributed by atoms with van der Waals surface area (Å²) in [5.41, 5.74) is 10.3. The minimum Gasteiger partial charge on any atom is -0.492 e. The molecule has 3 fully saturated rings. The fourth-order valence-corrected chi connectivity index (χ4v) is 8.77. The molecule has 3 atom stereocenters. The average Bonchev–Trinajstić information content (AvgIpc) is 3.75. The van der Waals surface area contributed by atoms with Crippen LogP contribution in [0.3, 0.4) is 0 Å². The number of hydrogen-bond acceptors (Lipinski definition) is 9. The van der Waals surface area contributed by atoms with Crippen LogP contribution in [0.4, 0.5) is 20.2 Å². The summed E-state index contributed by atoms with van der Waals surface area (Å²) in [5.74, 6) is -0.214. The van der Waals surface area contributed by atoms with Crippen LogP contribution < -0.4 is 25.8 Å². The second-order valence-electron chi connectivity index (χ2n) is 16.9. The van der Waals surface area contributed by atoms with Gasteiger partial charge in [0.1, 0.15) is 29.2 Å². The second kappa shape index (κ2) is 24.3. The fraction of sp³-hybridized carbons (Fsp3) is 0.373. The van der Waals surface area contributed by atoms with Gasteiger partial charge in [-0.05, 0) is 106 Å². The van der Waals surface area contributed by atoms with E-state index in [2.05, 4.69) is 20.4 Å². The molecule has 3 heterocycles. The molecule has 3 saturated heterocycles. The molecule has 17 heteroatoms.